The number of alkyl halides is 2. The van der Waals surface area contributed by atoms with E-state index in [2.05, 4.69) is 0 Å². The van der Waals surface area contributed by atoms with Gasteiger partial charge < -0.3 is 10.8 Å². The van der Waals surface area contributed by atoms with Crippen molar-refractivity contribution in [3.63, 3.8) is 0 Å². The Kier molecular flexibility index (Phi) is 3.83. The first-order chi connectivity index (χ1) is 7.76. The number of nitrogens with two attached hydrogens (primary N) is 1. The van der Waals surface area contributed by atoms with Crippen molar-refractivity contribution in [2.24, 2.45) is 5.73 Å². The quantitative estimate of drug-likeness (QED) is 0.851. The van der Waals surface area contributed by atoms with Crippen LogP contribution in [0.15, 0.2) is 24.3 Å². The van der Waals surface area contributed by atoms with Gasteiger partial charge in [-0.1, -0.05) is 36.8 Å². The summed E-state index contributed by atoms with van der Waals surface area (Å²) in [5, 5.41) is 8.55. The van der Waals surface area contributed by atoms with Crippen molar-refractivity contribution in [3.05, 3.63) is 35.4 Å². The zero-order valence-electron chi connectivity index (χ0n) is 9.65. The minimum atomic E-state index is -3.49. The molecule has 1 aromatic rings. The molecule has 0 saturated carbocycles. The van der Waals surface area contributed by atoms with Crippen molar-refractivity contribution in [2.45, 2.75) is 31.7 Å². The van der Waals surface area contributed by atoms with Crippen LogP contribution in [0.3, 0.4) is 0 Å². The maximum absolute atomic E-state index is 13.7. The molecule has 0 saturated heterocycles. The Hall–Kier alpha value is -1.49. The molecule has 5 heteroatoms. The van der Waals surface area contributed by atoms with Gasteiger partial charge in [0.05, 0.1) is 0 Å². The van der Waals surface area contributed by atoms with Crippen molar-refractivity contribution in [1.82, 2.24) is 0 Å². The number of carboxylic acid groups (broad SMARTS) is 1. The van der Waals surface area contributed by atoms with Crippen molar-refractivity contribution in [2.75, 3.05) is 0 Å². The molecule has 1 rings (SSSR count). The highest BCUT2D eigenvalue weighted by Crippen LogP contribution is 2.35. The summed E-state index contributed by atoms with van der Waals surface area (Å²) in [4.78, 5) is 10.5. The monoisotopic (exact) mass is 243 g/mol. The molecule has 0 spiro atoms. The molecular weight excluding hydrogens is 228 g/mol. The first-order valence-corrected chi connectivity index (χ1v) is 5.19. The fraction of sp³-hybridized carbons (Fsp3) is 0.417. The van der Waals surface area contributed by atoms with E-state index in [4.69, 9.17) is 10.8 Å². The average Bonchev–Trinajstić information content (AvgIpc) is 2.27. The summed E-state index contributed by atoms with van der Waals surface area (Å²) in [5.74, 6) is -6.43. The van der Waals surface area contributed by atoms with Gasteiger partial charge in [0.1, 0.15) is 0 Å². The number of aliphatic carboxylic acids is 1. The van der Waals surface area contributed by atoms with Gasteiger partial charge in [0, 0.05) is 5.92 Å². The van der Waals surface area contributed by atoms with E-state index < -0.39 is 23.9 Å². The molecule has 0 unspecified atom stereocenters. The maximum Gasteiger partial charge on any atom is 0.326 e. The van der Waals surface area contributed by atoms with E-state index in [-0.39, 0.29) is 0 Å². The molecule has 0 fully saturated rings. The van der Waals surface area contributed by atoms with E-state index in [0.717, 1.165) is 5.56 Å². The molecule has 17 heavy (non-hydrogen) atoms. The Labute approximate surface area is 98.2 Å². The van der Waals surface area contributed by atoms with E-state index in [1.54, 1.807) is 24.3 Å². The largest absolute Gasteiger partial charge is 0.480 e. The number of rotatable bonds is 4. The fourth-order valence-electron chi connectivity index (χ4n) is 1.51. The standard InChI is InChI=1S/C12H15F2NO2/c1-7-3-5-9(6-4-7)8(2)12(13,14)10(15)11(16)17/h3-6,8,10H,15H2,1-2H3,(H,16,17)/t8-,10-/m1/s1. The Balaban J connectivity index is 2.99. The van der Waals surface area contributed by atoms with Crippen LogP contribution in [0.25, 0.3) is 0 Å². The lowest BCUT2D eigenvalue weighted by Crippen LogP contribution is -2.49. The molecule has 0 aliphatic carbocycles. The lowest BCUT2D eigenvalue weighted by Gasteiger charge is -2.27. The molecule has 0 heterocycles. The van der Waals surface area contributed by atoms with Gasteiger partial charge in [-0.2, -0.15) is 0 Å². The van der Waals surface area contributed by atoms with Crippen LogP contribution in [0, 0.1) is 6.92 Å². The highest BCUT2D eigenvalue weighted by atomic mass is 19.3. The van der Waals surface area contributed by atoms with Gasteiger partial charge in [-0.25, -0.2) is 8.78 Å². The number of hydrogen-bond acceptors (Lipinski definition) is 2. The van der Waals surface area contributed by atoms with Crippen LogP contribution in [-0.2, 0) is 4.79 Å². The predicted octanol–water partition coefficient (Wildman–Crippen LogP) is 2.15. The van der Waals surface area contributed by atoms with Gasteiger partial charge in [-0.05, 0) is 12.5 Å². The van der Waals surface area contributed by atoms with Gasteiger partial charge in [0.15, 0.2) is 6.04 Å². The molecule has 1 aromatic carbocycles. The highest BCUT2D eigenvalue weighted by Gasteiger charge is 2.47. The summed E-state index contributed by atoms with van der Waals surface area (Å²) in [6, 6.07) is 4.33. The third kappa shape index (κ3) is 2.79. The normalized spacial score (nSPS) is 15.4. The molecule has 3 nitrogen and oxygen atoms in total. The van der Waals surface area contributed by atoms with Crippen LogP contribution in [-0.4, -0.2) is 23.0 Å². The number of carbonyl (C=O) groups is 1. The third-order valence-electron chi connectivity index (χ3n) is 2.84. The topological polar surface area (TPSA) is 63.3 Å². The first-order valence-electron chi connectivity index (χ1n) is 5.19. The summed E-state index contributed by atoms with van der Waals surface area (Å²) in [7, 11) is 0. The molecule has 3 N–H and O–H groups in total. The van der Waals surface area contributed by atoms with Gasteiger partial charge in [0.25, 0.3) is 5.92 Å². The van der Waals surface area contributed by atoms with Crippen molar-refractivity contribution < 1.29 is 18.7 Å². The van der Waals surface area contributed by atoms with Gasteiger partial charge >= 0.3 is 5.97 Å². The summed E-state index contributed by atoms with van der Waals surface area (Å²) in [6.45, 7) is 3.11. The van der Waals surface area contributed by atoms with Crippen molar-refractivity contribution in [3.8, 4) is 0 Å². The highest BCUT2D eigenvalue weighted by molar-refractivity contribution is 5.74. The van der Waals surface area contributed by atoms with Crippen LogP contribution in [0.5, 0.6) is 0 Å². The molecule has 0 aliphatic heterocycles. The first kappa shape index (κ1) is 13.6. The molecule has 2 atom stereocenters. The third-order valence-corrected chi connectivity index (χ3v) is 2.84. The van der Waals surface area contributed by atoms with Crippen molar-refractivity contribution in [1.29, 1.82) is 0 Å². The Morgan fingerprint density at radius 2 is 1.82 bits per heavy atom. The van der Waals surface area contributed by atoms with Crippen LogP contribution in [0.4, 0.5) is 8.78 Å². The summed E-state index contributed by atoms with van der Waals surface area (Å²) in [5.41, 5.74) is 6.34. The van der Waals surface area contributed by atoms with Gasteiger partial charge in [-0.15, -0.1) is 0 Å². The summed E-state index contributed by atoms with van der Waals surface area (Å²) >= 11 is 0. The SMILES string of the molecule is Cc1ccc([C@@H](C)C(F)(F)[C@H](N)C(=O)O)cc1. The molecule has 94 valence electrons. The van der Waals surface area contributed by atoms with Gasteiger partial charge in [-0.3, -0.25) is 4.79 Å². The van der Waals surface area contributed by atoms with Crippen LogP contribution in [0.2, 0.25) is 0 Å². The number of aryl methyl sites for hydroxylation is 1. The second-order valence-corrected chi connectivity index (χ2v) is 4.12. The smallest absolute Gasteiger partial charge is 0.326 e. The second-order valence-electron chi connectivity index (χ2n) is 4.12. The second kappa shape index (κ2) is 4.79. The minimum Gasteiger partial charge on any atom is -0.480 e. The summed E-state index contributed by atoms with van der Waals surface area (Å²) in [6.07, 6.45) is 0. The van der Waals surface area contributed by atoms with E-state index >= 15 is 0 Å². The molecule has 0 aliphatic rings. The number of hydrogen-bond donors (Lipinski definition) is 2. The zero-order chi connectivity index (χ0) is 13.2. The molecule has 0 radical (unpaired) electrons. The average molecular weight is 243 g/mol. The van der Waals surface area contributed by atoms with Crippen molar-refractivity contribution >= 4 is 5.97 Å². The van der Waals surface area contributed by atoms with Crippen LogP contribution < -0.4 is 5.73 Å². The molecule has 0 bridgehead atoms. The van der Waals surface area contributed by atoms with E-state index in [9.17, 15) is 13.6 Å². The zero-order valence-corrected chi connectivity index (χ0v) is 9.65. The number of halogens is 2. The minimum absolute atomic E-state index is 0.373. The lowest BCUT2D eigenvalue weighted by molar-refractivity contribution is -0.150. The molecule has 0 amide bonds. The van der Waals surface area contributed by atoms with Crippen LogP contribution >= 0.6 is 0 Å². The fourth-order valence-corrected chi connectivity index (χ4v) is 1.51. The van der Waals surface area contributed by atoms with E-state index in [0.29, 0.717) is 5.56 Å². The van der Waals surface area contributed by atoms with Gasteiger partial charge in [0.2, 0.25) is 0 Å². The van der Waals surface area contributed by atoms with E-state index in [1.807, 2.05) is 6.92 Å². The lowest BCUT2D eigenvalue weighted by atomic mass is 9.89. The predicted molar refractivity (Wildman–Crippen MR) is 60.2 cm³/mol. The Morgan fingerprint density at radius 3 is 2.24 bits per heavy atom. The summed E-state index contributed by atoms with van der Waals surface area (Å²) < 4.78 is 27.5. The van der Waals surface area contributed by atoms with Crippen LogP contribution in [0.1, 0.15) is 24.0 Å². The Bertz CT molecular complexity index is 403. The Morgan fingerprint density at radius 1 is 1.35 bits per heavy atom. The molecular formula is C12H15F2NO2. The van der Waals surface area contributed by atoms with E-state index in [1.165, 1.54) is 6.92 Å². The maximum atomic E-state index is 13.7. The molecule has 0 aromatic heterocycles. The number of benzene rings is 1. The number of carboxylic acids is 1.